The highest BCUT2D eigenvalue weighted by Crippen LogP contribution is 2.32. The summed E-state index contributed by atoms with van der Waals surface area (Å²) in [4.78, 5) is 37.8. The molecule has 0 spiro atoms. The quantitative estimate of drug-likeness (QED) is 0.738. The number of carbonyl (C=O) groups excluding carboxylic acids is 3. The van der Waals surface area contributed by atoms with E-state index in [1.165, 1.54) is 6.07 Å². The molecule has 1 saturated heterocycles. The lowest BCUT2D eigenvalue weighted by Crippen LogP contribution is -2.43. The van der Waals surface area contributed by atoms with Crippen LogP contribution in [0, 0.1) is 5.92 Å². The Balaban J connectivity index is 2.10. The molecule has 0 aliphatic carbocycles. The van der Waals surface area contributed by atoms with E-state index in [-0.39, 0.29) is 17.5 Å². The first-order chi connectivity index (χ1) is 11.6. The summed E-state index contributed by atoms with van der Waals surface area (Å²) in [5.41, 5.74) is -0.785. The first kappa shape index (κ1) is 19.5. The molecule has 1 unspecified atom stereocenters. The monoisotopic (exact) mass is 385 g/mol. The number of hydrogen-bond donors (Lipinski definition) is 2. The van der Waals surface area contributed by atoms with Gasteiger partial charge in [0.15, 0.2) is 0 Å². The topological polar surface area (TPSA) is 78.5 Å². The molecule has 0 bridgehead atoms. The molecule has 1 aromatic carbocycles. The zero-order valence-electron chi connectivity index (χ0n) is 14.4. The Morgan fingerprint density at radius 2 is 1.96 bits per heavy atom. The average molecular weight is 386 g/mol. The number of carbonyl (C=O) groups is 3. The maximum Gasteiger partial charge on any atom is 0.325 e. The van der Waals surface area contributed by atoms with Crippen LogP contribution in [0.15, 0.2) is 18.2 Å². The van der Waals surface area contributed by atoms with Gasteiger partial charge in [0.1, 0.15) is 12.1 Å². The SMILES string of the molecule is CC(C)CCNC(=O)CN1C(=O)NC(C)(c2ccc(Cl)c(Cl)c2)C1=O. The zero-order valence-corrected chi connectivity index (χ0v) is 15.9. The van der Waals surface area contributed by atoms with Crippen molar-refractivity contribution < 1.29 is 14.4 Å². The van der Waals surface area contributed by atoms with Gasteiger partial charge in [0.25, 0.3) is 5.91 Å². The molecule has 1 aliphatic rings. The highest BCUT2D eigenvalue weighted by molar-refractivity contribution is 6.42. The number of nitrogens with one attached hydrogen (secondary N) is 2. The summed E-state index contributed by atoms with van der Waals surface area (Å²) in [6.45, 7) is 5.85. The molecule has 0 aromatic heterocycles. The van der Waals surface area contributed by atoms with Gasteiger partial charge in [-0.1, -0.05) is 43.1 Å². The van der Waals surface area contributed by atoms with Crippen LogP contribution in [0.4, 0.5) is 4.79 Å². The van der Waals surface area contributed by atoms with Crippen molar-refractivity contribution in [3.8, 4) is 0 Å². The molecule has 2 N–H and O–H groups in total. The fourth-order valence-corrected chi connectivity index (χ4v) is 2.84. The second-order valence-corrected chi connectivity index (χ2v) is 7.42. The molecule has 1 aliphatic heterocycles. The molecular weight excluding hydrogens is 365 g/mol. The minimum atomic E-state index is -1.29. The second-order valence-electron chi connectivity index (χ2n) is 6.61. The average Bonchev–Trinajstić information content (AvgIpc) is 2.74. The van der Waals surface area contributed by atoms with Crippen LogP contribution >= 0.6 is 23.2 Å². The molecule has 1 aromatic rings. The van der Waals surface area contributed by atoms with Gasteiger partial charge in [0, 0.05) is 6.54 Å². The molecule has 6 nitrogen and oxygen atoms in total. The molecule has 1 fully saturated rings. The van der Waals surface area contributed by atoms with Gasteiger partial charge in [0.2, 0.25) is 5.91 Å². The lowest BCUT2D eigenvalue weighted by molar-refractivity contribution is -0.134. The van der Waals surface area contributed by atoms with E-state index in [9.17, 15) is 14.4 Å². The van der Waals surface area contributed by atoms with Crippen LogP contribution in [0.2, 0.25) is 10.0 Å². The van der Waals surface area contributed by atoms with Gasteiger partial charge in [-0.25, -0.2) is 4.79 Å². The van der Waals surface area contributed by atoms with Gasteiger partial charge in [-0.05, 0) is 37.0 Å². The van der Waals surface area contributed by atoms with Crippen molar-refractivity contribution in [1.29, 1.82) is 0 Å². The van der Waals surface area contributed by atoms with Gasteiger partial charge < -0.3 is 10.6 Å². The molecule has 8 heteroatoms. The Morgan fingerprint density at radius 1 is 1.28 bits per heavy atom. The molecular formula is C17H21Cl2N3O3. The van der Waals surface area contributed by atoms with Gasteiger partial charge >= 0.3 is 6.03 Å². The number of imide groups is 1. The summed E-state index contributed by atoms with van der Waals surface area (Å²) in [6, 6.07) is 4.11. The molecule has 1 heterocycles. The highest BCUT2D eigenvalue weighted by atomic mass is 35.5. The van der Waals surface area contributed by atoms with Crippen LogP contribution in [0.3, 0.4) is 0 Å². The third kappa shape index (κ3) is 4.25. The van der Waals surface area contributed by atoms with Crippen molar-refractivity contribution in [2.45, 2.75) is 32.7 Å². The molecule has 25 heavy (non-hydrogen) atoms. The number of rotatable bonds is 6. The third-order valence-corrected chi connectivity index (χ3v) is 4.86. The third-order valence-electron chi connectivity index (χ3n) is 4.12. The van der Waals surface area contributed by atoms with Crippen molar-refractivity contribution in [1.82, 2.24) is 15.5 Å². The summed E-state index contributed by atoms with van der Waals surface area (Å²) in [5.74, 6) is -0.424. The van der Waals surface area contributed by atoms with E-state index in [4.69, 9.17) is 23.2 Å². The van der Waals surface area contributed by atoms with E-state index in [2.05, 4.69) is 10.6 Å². The standard InChI is InChI=1S/C17H21Cl2N3O3/c1-10(2)6-7-20-14(23)9-22-15(24)17(3,21-16(22)25)11-4-5-12(18)13(19)8-11/h4-5,8,10H,6-7,9H2,1-3H3,(H,20,23)(H,21,25). The van der Waals surface area contributed by atoms with E-state index in [0.29, 0.717) is 23.0 Å². The molecule has 4 amide bonds. The minimum Gasteiger partial charge on any atom is -0.355 e. The maximum atomic E-state index is 12.7. The van der Waals surface area contributed by atoms with Gasteiger partial charge in [-0.3, -0.25) is 14.5 Å². The Bertz CT molecular complexity index is 708. The van der Waals surface area contributed by atoms with E-state index >= 15 is 0 Å². The van der Waals surface area contributed by atoms with E-state index in [0.717, 1.165) is 11.3 Å². The zero-order chi connectivity index (χ0) is 18.8. The molecule has 136 valence electrons. The minimum absolute atomic E-state index is 0.285. The van der Waals surface area contributed by atoms with E-state index < -0.39 is 17.5 Å². The number of hydrogen-bond acceptors (Lipinski definition) is 3. The van der Waals surface area contributed by atoms with Gasteiger partial charge in [0.05, 0.1) is 10.0 Å². The number of halogens is 2. The summed E-state index contributed by atoms with van der Waals surface area (Å²) in [7, 11) is 0. The summed E-state index contributed by atoms with van der Waals surface area (Å²) in [6.07, 6.45) is 0.826. The molecule has 0 saturated carbocycles. The Labute approximate surface area is 156 Å². The van der Waals surface area contributed by atoms with E-state index in [1.807, 2.05) is 13.8 Å². The van der Waals surface area contributed by atoms with Crippen LogP contribution in [-0.2, 0) is 15.1 Å². The van der Waals surface area contributed by atoms with Gasteiger partial charge in [-0.2, -0.15) is 0 Å². The largest absolute Gasteiger partial charge is 0.355 e. The van der Waals surface area contributed by atoms with Crippen molar-refractivity contribution >= 4 is 41.0 Å². The number of benzene rings is 1. The molecule has 0 radical (unpaired) electrons. The smallest absolute Gasteiger partial charge is 0.325 e. The fourth-order valence-electron chi connectivity index (χ4n) is 2.54. The Hall–Kier alpha value is -1.79. The predicted molar refractivity (Wildman–Crippen MR) is 96.5 cm³/mol. The van der Waals surface area contributed by atoms with Crippen LogP contribution in [0.5, 0.6) is 0 Å². The number of urea groups is 1. The normalized spacial score (nSPS) is 20.2. The van der Waals surface area contributed by atoms with Crippen LogP contribution in [0.25, 0.3) is 0 Å². The fraction of sp³-hybridized carbons (Fsp3) is 0.471. The lowest BCUT2D eigenvalue weighted by atomic mass is 9.92. The predicted octanol–water partition coefficient (Wildman–Crippen LogP) is 2.92. The molecule has 2 rings (SSSR count). The van der Waals surface area contributed by atoms with Crippen molar-refractivity contribution in [2.75, 3.05) is 13.1 Å². The lowest BCUT2D eigenvalue weighted by Gasteiger charge is -2.22. The first-order valence-corrected chi connectivity index (χ1v) is 8.77. The van der Waals surface area contributed by atoms with E-state index in [1.54, 1.807) is 19.1 Å². The Kier molecular flexibility index (Phi) is 5.95. The maximum absolute atomic E-state index is 12.7. The number of nitrogens with zero attached hydrogens (tertiary/aromatic N) is 1. The van der Waals surface area contributed by atoms with Gasteiger partial charge in [-0.15, -0.1) is 0 Å². The Morgan fingerprint density at radius 3 is 2.56 bits per heavy atom. The van der Waals surface area contributed by atoms with Crippen LogP contribution in [0.1, 0.15) is 32.8 Å². The van der Waals surface area contributed by atoms with Crippen molar-refractivity contribution in [3.05, 3.63) is 33.8 Å². The highest BCUT2D eigenvalue weighted by Gasteiger charge is 2.49. The second kappa shape index (κ2) is 7.62. The molecule has 1 atom stereocenters. The first-order valence-electron chi connectivity index (χ1n) is 8.01. The summed E-state index contributed by atoms with van der Waals surface area (Å²) >= 11 is 11.9. The van der Waals surface area contributed by atoms with Crippen LogP contribution in [-0.4, -0.2) is 35.8 Å². The van der Waals surface area contributed by atoms with Crippen molar-refractivity contribution in [2.24, 2.45) is 5.92 Å². The summed E-state index contributed by atoms with van der Waals surface area (Å²) < 4.78 is 0. The summed E-state index contributed by atoms with van der Waals surface area (Å²) in [5, 5.41) is 5.98. The van der Waals surface area contributed by atoms with Crippen LogP contribution < -0.4 is 10.6 Å². The number of amides is 4. The van der Waals surface area contributed by atoms with Crippen molar-refractivity contribution in [3.63, 3.8) is 0 Å².